The number of carbonyl (C=O) groups is 2. The van der Waals surface area contributed by atoms with Crippen LogP contribution in [0.25, 0.3) is 0 Å². The van der Waals surface area contributed by atoms with Crippen molar-refractivity contribution in [3.63, 3.8) is 0 Å². The van der Waals surface area contributed by atoms with Crippen LogP contribution in [0, 0.1) is 5.92 Å². The minimum Gasteiger partial charge on any atom is -0.378 e. The van der Waals surface area contributed by atoms with Gasteiger partial charge in [-0.15, -0.1) is 0 Å². The Kier molecular flexibility index (Phi) is 6.25. The topological polar surface area (TPSA) is 53.1 Å². The molecule has 2 heterocycles. The molecule has 0 N–H and O–H groups in total. The summed E-state index contributed by atoms with van der Waals surface area (Å²) in [5, 5.41) is 0.521. The number of ether oxygens (including phenoxy) is 1. The highest BCUT2D eigenvalue weighted by atomic mass is 35.5. The van der Waals surface area contributed by atoms with Crippen molar-refractivity contribution in [3.8, 4) is 0 Å². The molecular formula is C23H26ClN3O3. The van der Waals surface area contributed by atoms with E-state index in [1.165, 1.54) is 5.69 Å². The van der Waals surface area contributed by atoms with Gasteiger partial charge in [0, 0.05) is 45.3 Å². The Bertz CT molecular complexity index is 912. The molecule has 2 aliphatic heterocycles. The number of halogens is 1. The van der Waals surface area contributed by atoms with Crippen molar-refractivity contribution in [1.82, 2.24) is 4.90 Å². The van der Waals surface area contributed by atoms with E-state index in [1.54, 1.807) is 22.9 Å². The zero-order valence-electron chi connectivity index (χ0n) is 17.1. The summed E-state index contributed by atoms with van der Waals surface area (Å²) in [6.45, 7) is 4.18. The first-order chi connectivity index (χ1) is 14.5. The van der Waals surface area contributed by atoms with Gasteiger partial charge in [0.15, 0.2) is 0 Å². The minimum absolute atomic E-state index is 0.0184. The molecule has 0 spiro atoms. The molecule has 2 aromatic rings. The van der Waals surface area contributed by atoms with E-state index in [0.717, 1.165) is 31.9 Å². The number of morpholine rings is 1. The van der Waals surface area contributed by atoms with Crippen LogP contribution in [-0.4, -0.2) is 56.6 Å². The molecule has 2 fully saturated rings. The highest BCUT2D eigenvalue weighted by Crippen LogP contribution is 2.31. The van der Waals surface area contributed by atoms with E-state index < -0.39 is 0 Å². The summed E-state index contributed by atoms with van der Waals surface area (Å²) in [5.41, 5.74) is 2.91. The first kappa shape index (κ1) is 20.7. The van der Waals surface area contributed by atoms with Crippen LogP contribution in [0.5, 0.6) is 0 Å². The average molecular weight is 428 g/mol. The molecule has 0 saturated carbocycles. The second-order valence-corrected chi connectivity index (χ2v) is 8.22. The number of hydrogen-bond acceptors (Lipinski definition) is 4. The van der Waals surface area contributed by atoms with Gasteiger partial charge >= 0.3 is 0 Å². The lowest BCUT2D eigenvalue weighted by Crippen LogP contribution is -2.36. The molecule has 2 aromatic carbocycles. The smallest absolute Gasteiger partial charge is 0.228 e. The number of hydrogen-bond donors (Lipinski definition) is 0. The predicted octanol–water partition coefficient (Wildman–Crippen LogP) is 3.19. The van der Waals surface area contributed by atoms with Crippen LogP contribution < -0.4 is 9.80 Å². The number of benzene rings is 2. The number of carbonyl (C=O) groups excluding carboxylic acids is 2. The third-order valence-electron chi connectivity index (χ3n) is 5.73. The maximum Gasteiger partial charge on any atom is 0.228 e. The molecular weight excluding hydrogens is 402 g/mol. The zero-order valence-corrected chi connectivity index (χ0v) is 17.8. The molecule has 0 radical (unpaired) electrons. The summed E-state index contributed by atoms with van der Waals surface area (Å²) in [6, 6.07) is 15.5. The number of nitrogens with zero attached hydrogens (tertiary/aromatic N) is 3. The van der Waals surface area contributed by atoms with Crippen molar-refractivity contribution in [1.29, 1.82) is 0 Å². The Hall–Kier alpha value is -2.57. The van der Waals surface area contributed by atoms with Gasteiger partial charge in [0.05, 0.1) is 29.8 Å². The van der Waals surface area contributed by atoms with E-state index in [4.69, 9.17) is 16.3 Å². The second kappa shape index (κ2) is 9.06. The third kappa shape index (κ3) is 4.45. The quantitative estimate of drug-likeness (QED) is 0.735. The molecule has 6 nitrogen and oxygen atoms in total. The van der Waals surface area contributed by atoms with Crippen LogP contribution in [0.3, 0.4) is 0 Å². The standard InChI is InChI=1S/C23H26ClN3O3/c1-25(15-17-6-8-19(9-7-17)26-10-12-30-13-11-26)23(29)18-14-22(28)27(16-18)21-5-3-2-4-20(21)24/h2-9,18H,10-16H2,1H3. The Morgan fingerprint density at radius 3 is 2.53 bits per heavy atom. The lowest BCUT2D eigenvalue weighted by Gasteiger charge is -2.29. The van der Waals surface area contributed by atoms with Gasteiger partial charge in [-0.25, -0.2) is 0 Å². The number of para-hydroxylation sites is 1. The fourth-order valence-corrected chi connectivity index (χ4v) is 4.31. The summed E-state index contributed by atoms with van der Waals surface area (Å²) in [6.07, 6.45) is 0.213. The maximum atomic E-state index is 13.0. The molecule has 2 aliphatic rings. The second-order valence-electron chi connectivity index (χ2n) is 7.82. The first-order valence-corrected chi connectivity index (χ1v) is 10.6. The van der Waals surface area contributed by atoms with Crippen molar-refractivity contribution < 1.29 is 14.3 Å². The van der Waals surface area contributed by atoms with E-state index >= 15 is 0 Å². The molecule has 4 rings (SSSR count). The minimum atomic E-state index is -0.355. The van der Waals surface area contributed by atoms with Gasteiger partial charge in [-0.3, -0.25) is 9.59 Å². The molecule has 0 aliphatic carbocycles. The summed E-state index contributed by atoms with van der Waals surface area (Å²) in [5.74, 6) is -0.439. The van der Waals surface area contributed by atoms with E-state index in [1.807, 2.05) is 18.2 Å². The van der Waals surface area contributed by atoms with Crippen LogP contribution in [0.1, 0.15) is 12.0 Å². The molecule has 30 heavy (non-hydrogen) atoms. The molecule has 1 unspecified atom stereocenters. The highest BCUT2D eigenvalue weighted by molar-refractivity contribution is 6.33. The van der Waals surface area contributed by atoms with Crippen molar-refractivity contribution in [2.24, 2.45) is 5.92 Å². The lowest BCUT2D eigenvalue weighted by molar-refractivity contribution is -0.135. The first-order valence-electron chi connectivity index (χ1n) is 10.2. The lowest BCUT2D eigenvalue weighted by atomic mass is 10.1. The Morgan fingerprint density at radius 2 is 1.83 bits per heavy atom. The maximum absolute atomic E-state index is 13.0. The Morgan fingerprint density at radius 1 is 1.13 bits per heavy atom. The van der Waals surface area contributed by atoms with E-state index in [0.29, 0.717) is 23.8 Å². The molecule has 7 heteroatoms. The predicted molar refractivity (Wildman–Crippen MR) is 118 cm³/mol. The van der Waals surface area contributed by atoms with Gasteiger partial charge in [0.2, 0.25) is 11.8 Å². The normalized spacial score (nSPS) is 19.3. The molecule has 0 bridgehead atoms. The fraction of sp³-hybridized carbons (Fsp3) is 0.391. The SMILES string of the molecule is CN(Cc1ccc(N2CCOCC2)cc1)C(=O)C1CC(=O)N(c2ccccc2Cl)C1. The van der Waals surface area contributed by atoms with Crippen molar-refractivity contribution in [2.45, 2.75) is 13.0 Å². The van der Waals surface area contributed by atoms with Crippen LogP contribution >= 0.6 is 11.6 Å². The van der Waals surface area contributed by atoms with Gasteiger partial charge < -0.3 is 19.4 Å². The highest BCUT2D eigenvalue weighted by Gasteiger charge is 2.37. The zero-order chi connectivity index (χ0) is 21.1. The third-order valence-corrected chi connectivity index (χ3v) is 6.05. The molecule has 1 atom stereocenters. The van der Waals surface area contributed by atoms with Crippen molar-refractivity contribution in [2.75, 3.05) is 49.7 Å². The van der Waals surface area contributed by atoms with E-state index in [-0.39, 0.29) is 24.2 Å². The number of rotatable bonds is 5. The largest absolute Gasteiger partial charge is 0.378 e. The van der Waals surface area contributed by atoms with Crippen molar-refractivity contribution in [3.05, 3.63) is 59.1 Å². The molecule has 2 saturated heterocycles. The molecule has 2 amide bonds. The van der Waals surface area contributed by atoms with Crippen LogP contribution in [-0.2, 0) is 20.9 Å². The summed E-state index contributed by atoms with van der Waals surface area (Å²) in [4.78, 5) is 31.1. The molecule has 158 valence electrons. The number of anilines is 2. The fourth-order valence-electron chi connectivity index (χ4n) is 4.07. The average Bonchev–Trinajstić information content (AvgIpc) is 3.16. The molecule has 0 aromatic heterocycles. The van der Waals surface area contributed by atoms with Gasteiger partial charge in [0.1, 0.15) is 0 Å². The van der Waals surface area contributed by atoms with Crippen molar-refractivity contribution >= 4 is 34.8 Å². The van der Waals surface area contributed by atoms with Gasteiger partial charge in [0.25, 0.3) is 0 Å². The number of amides is 2. The summed E-state index contributed by atoms with van der Waals surface area (Å²) in [7, 11) is 1.79. The Balaban J connectivity index is 1.37. The van der Waals surface area contributed by atoms with E-state index in [9.17, 15) is 9.59 Å². The van der Waals surface area contributed by atoms with Crippen LogP contribution in [0.4, 0.5) is 11.4 Å². The monoisotopic (exact) mass is 427 g/mol. The van der Waals surface area contributed by atoms with Crippen LogP contribution in [0.15, 0.2) is 48.5 Å². The summed E-state index contributed by atoms with van der Waals surface area (Å²) < 4.78 is 5.40. The van der Waals surface area contributed by atoms with Gasteiger partial charge in [-0.05, 0) is 29.8 Å². The Labute approximate surface area is 182 Å². The van der Waals surface area contributed by atoms with Crippen LogP contribution in [0.2, 0.25) is 5.02 Å². The van der Waals surface area contributed by atoms with Gasteiger partial charge in [-0.1, -0.05) is 35.9 Å². The van der Waals surface area contributed by atoms with E-state index in [2.05, 4.69) is 29.2 Å². The summed E-state index contributed by atoms with van der Waals surface area (Å²) >= 11 is 6.24. The van der Waals surface area contributed by atoms with Gasteiger partial charge in [-0.2, -0.15) is 0 Å².